The van der Waals surface area contributed by atoms with Crippen LogP contribution in [0.15, 0.2) is 91.0 Å². The predicted octanol–water partition coefficient (Wildman–Crippen LogP) is 4.40. The van der Waals surface area contributed by atoms with Gasteiger partial charge in [0, 0.05) is 16.7 Å². The summed E-state index contributed by atoms with van der Waals surface area (Å²) in [4.78, 5) is 0. The van der Waals surface area contributed by atoms with E-state index in [-0.39, 0.29) is 12.1 Å². The third kappa shape index (κ3) is 4.55. The molecule has 0 heterocycles. The van der Waals surface area contributed by atoms with E-state index in [0.717, 1.165) is 0 Å². The Kier molecular flexibility index (Phi) is 6.36. The van der Waals surface area contributed by atoms with Crippen LogP contribution in [0.5, 0.6) is 0 Å². The first-order valence-corrected chi connectivity index (χ1v) is 9.85. The van der Waals surface area contributed by atoms with Crippen molar-refractivity contribution in [3.8, 4) is 0 Å². The first-order chi connectivity index (χ1) is 12.3. The fraction of sp³-hybridized carbons (Fsp3) is 0.182. The molecule has 0 saturated heterocycles. The third-order valence-electron chi connectivity index (χ3n) is 4.24. The SMILES string of the molecule is CN[C@@H](C)[C@@H](OP(c1ccccc1)c1ccccc1)c1ccccc1. The lowest BCUT2D eigenvalue weighted by Gasteiger charge is -2.29. The molecule has 25 heavy (non-hydrogen) atoms. The van der Waals surface area contributed by atoms with Crippen LogP contribution in [0, 0.1) is 0 Å². The van der Waals surface area contributed by atoms with Crippen LogP contribution in [-0.4, -0.2) is 13.1 Å². The maximum Gasteiger partial charge on any atom is 0.103 e. The molecule has 0 radical (unpaired) electrons. The number of benzene rings is 3. The van der Waals surface area contributed by atoms with Crippen molar-refractivity contribution in [2.45, 2.75) is 19.1 Å². The summed E-state index contributed by atoms with van der Waals surface area (Å²) in [5.41, 5.74) is 1.20. The molecule has 0 spiro atoms. The van der Waals surface area contributed by atoms with Crippen molar-refractivity contribution in [1.82, 2.24) is 5.32 Å². The van der Waals surface area contributed by atoms with Crippen LogP contribution in [0.2, 0.25) is 0 Å². The highest BCUT2D eigenvalue weighted by Gasteiger charge is 2.25. The molecule has 3 aromatic rings. The van der Waals surface area contributed by atoms with Gasteiger partial charge in [0.2, 0.25) is 0 Å². The molecule has 128 valence electrons. The summed E-state index contributed by atoms with van der Waals surface area (Å²) in [7, 11) is 1.09. The van der Waals surface area contributed by atoms with Gasteiger partial charge in [-0.15, -0.1) is 0 Å². The van der Waals surface area contributed by atoms with Crippen molar-refractivity contribution in [1.29, 1.82) is 0 Å². The number of nitrogens with one attached hydrogen (secondary N) is 1. The second-order valence-corrected chi connectivity index (χ2v) is 7.81. The van der Waals surface area contributed by atoms with Gasteiger partial charge in [-0.1, -0.05) is 91.0 Å². The second-order valence-electron chi connectivity index (χ2n) is 5.98. The molecule has 3 heteroatoms. The monoisotopic (exact) mass is 349 g/mol. The quantitative estimate of drug-likeness (QED) is 0.639. The first-order valence-electron chi connectivity index (χ1n) is 8.59. The third-order valence-corrected chi connectivity index (χ3v) is 6.21. The number of hydrogen-bond donors (Lipinski definition) is 1. The maximum absolute atomic E-state index is 6.76. The molecule has 0 aliphatic heterocycles. The summed E-state index contributed by atoms with van der Waals surface area (Å²) in [5.74, 6) is 0. The Labute approximate surface area is 151 Å². The van der Waals surface area contributed by atoms with Gasteiger partial charge in [0.1, 0.15) is 6.10 Å². The van der Waals surface area contributed by atoms with Crippen LogP contribution in [0.25, 0.3) is 0 Å². The molecule has 1 N–H and O–H groups in total. The van der Waals surface area contributed by atoms with Crippen molar-refractivity contribution in [2.75, 3.05) is 7.05 Å². The molecule has 0 aromatic heterocycles. The summed E-state index contributed by atoms with van der Waals surface area (Å²) in [6, 6.07) is 31.7. The lowest BCUT2D eigenvalue weighted by molar-refractivity contribution is 0.191. The molecule has 0 fully saturated rings. The molecule has 3 aromatic carbocycles. The Morgan fingerprint density at radius 1 is 0.720 bits per heavy atom. The molecule has 0 aliphatic carbocycles. The van der Waals surface area contributed by atoms with E-state index in [2.05, 4.69) is 85.0 Å². The highest BCUT2D eigenvalue weighted by Crippen LogP contribution is 2.42. The van der Waals surface area contributed by atoms with Crippen molar-refractivity contribution < 1.29 is 4.52 Å². The number of likely N-dealkylation sites (N-methyl/N-ethyl adjacent to an activating group) is 1. The number of hydrogen-bond acceptors (Lipinski definition) is 2. The van der Waals surface area contributed by atoms with Crippen LogP contribution in [0.3, 0.4) is 0 Å². The maximum atomic E-state index is 6.76. The highest BCUT2D eigenvalue weighted by atomic mass is 31.1. The predicted molar refractivity (Wildman–Crippen MR) is 108 cm³/mol. The average molecular weight is 349 g/mol. The summed E-state index contributed by atoms with van der Waals surface area (Å²) in [6.07, 6.45) is -0.0160. The van der Waals surface area contributed by atoms with Crippen LogP contribution in [0.1, 0.15) is 18.6 Å². The fourth-order valence-electron chi connectivity index (χ4n) is 2.75. The van der Waals surface area contributed by atoms with E-state index in [4.69, 9.17) is 4.52 Å². The molecule has 0 bridgehead atoms. The van der Waals surface area contributed by atoms with Gasteiger partial charge in [-0.25, -0.2) is 0 Å². The zero-order valence-electron chi connectivity index (χ0n) is 14.7. The standard InChI is InChI=1S/C22H24NOP/c1-18(23-2)22(19-12-6-3-7-13-19)24-25(20-14-8-4-9-15-20)21-16-10-5-11-17-21/h3-18,22-23H,1-2H3/t18-,22+/m0/s1. The van der Waals surface area contributed by atoms with Gasteiger partial charge >= 0.3 is 0 Å². The zero-order chi connectivity index (χ0) is 17.5. The Hall–Kier alpha value is -1.99. The summed E-state index contributed by atoms with van der Waals surface area (Å²) < 4.78 is 6.76. The first kappa shape index (κ1) is 17.8. The lowest BCUT2D eigenvalue weighted by atomic mass is 10.0. The van der Waals surface area contributed by atoms with E-state index in [0.29, 0.717) is 0 Å². The minimum Gasteiger partial charge on any atom is -0.340 e. The van der Waals surface area contributed by atoms with Crippen LogP contribution in [-0.2, 0) is 4.52 Å². The largest absolute Gasteiger partial charge is 0.340 e. The summed E-state index contributed by atoms with van der Waals surface area (Å²) >= 11 is 0. The van der Waals surface area contributed by atoms with Gasteiger partial charge in [-0.3, -0.25) is 0 Å². The average Bonchev–Trinajstić information content (AvgIpc) is 2.70. The number of rotatable bonds is 7. The molecule has 0 saturated carbocycles. The van der Waals surface area contributed by atoms with E-state index in [1.807, 2.05) is 25.2 Å². The van der Waals surface area contributed by atoms with Crippen LogP contribution >= 0.6 is 8.15 Å². The van der Waals surface area contributed by atoms with Crippen LogP contribution in [0.4, 0.5) is 0 Å². The van der Waals surface area contributed by atoms with Gasteiger partial charge < -0.3 is 9.84 Å². The Bertz CT molecular complexity index is 709. The van der Waals surface area contributed by atoms with Gasteiger partial charge in [0.25, 0.3) is 0 Å². The molecule has 2 atom stereocenters. The fourth-order valence-corrected chi connectivity index (χ4v) is 4.70. The van der Waals surface area contributed by atoms with E-state index < -0.39 is 8.15 Å². The minimum atomic E-state index is -0.892. The molecule has 3 rings (SSSR count). The molecule has 2 nitrogen and oxygen atoms in total. The van der Waals surface area contributed by atoms with Crippen molar-refractivity contribution in [3.63, 3.8) is 0 Å². The minimum absolute atomic E-state index is 0.0160. The van der Waals surface area contributed by atoms with Crippen molar-refractivity contribution in [3.05, 3.63) is 96.6 Å². The van der Waals surface area contributed by atoms with Gasteiger partial charge in [-0.2, -0.15) is 0 Å². The molecular weight excluding hydrogens is 325 g/mol. The zero-order valence-corrected chi connectivity index (χ0v) is 15.6. The lowest BCUT2D eigenvalue weighted by Crippen LogP contribution is -2.31. The van der Waals surface area contributed by atoms with E-state index in [9.17, 15) is 0 Å². The molecule has 0 amide bonds. The van der Waals surface area contributed by atoms with Crippen molar-refractivity contribution in [2.24, 2.45) is 0 Å². The van der Waals surface area contributed by atoms with Gasteiger partial charge in [0.15, 0.2) is 0 Å². The van der Waals surface area contributed by atoms with E-state index >= 15 is 0 Å². The summed E-state index contributed by atoms with van der Waals surface area (Å²) in [5, 5.41) is 5.82. The smallest absolute Gasteiger partial charge is 0.103 e. The molecule has 0 aliphatic rings. The van der Waals surface area contributed by atoms with Gasteiger partial charge in [-0.05, 0) is 19.5 Å². The summed E-state index contributed by atoms with van der Waals surface area (Å²) in [6.45, 7) is 2.17. The second kappa shape index (κ2) is 8.92. The topological polar surface area (TPSA) is 21.3 Å². The Balaban J connectivity index is 1.97. The molecular formula is C22H24NOP. The normalized spacial score (nSPS) is 13.6. The van der Waals surface area contributed by atoms with E-state index in [1.165, 1.54) is 16.2 Å². The Morgan fingerprint density at radius 3 is 1.60 bits per heavy atom. The van der Waals surface area contributed by atoms with Crippen LogP contribution < -0.4 is 15.9 Å². The van der Waals surface area contributed by atoms with Crippen molar-refractivity contribution >= 4 is 18.8 Å². The van der Waals surface area contributed by atoms with E-state index in [1.54, 1.807) is 0 Å². The van der Waals surface area contributed by atoms with Gasteiger partial charge in [0.05, 0.1) is 8.15 Å². The molecule has 0 unspecified atom stereocenters. The highest BCUT2D eigenvalue weighted by molar-refractivity contribution is 7.68. The Morgan fingerprint density at radius 2 is 1.16 bits per heavy atom.